The highest BCUT2D eigenvalue weighted by atomic mass is 16.5. The number of amidine groups is 1. The zero-order valence-corrected chi connectivity index (χ0v) is 11.8. The summed E-state index contributed by atoms with van der Waals surface area (Å²) in [5.41, 5.74) is 4.08. The summed E-state index contributed by atoms with van der Waals surface area (Å²) in [6.07, 6.45) is 0. The van der Waals surface area contributed by atoms with Crippen LogP contribution in [0.2, 0.25) is 0 Å². The molecule has 0 saturated carbocycles. The average Bonchev–Trinajstić information content (AvgIpc) is 3.02. The predicted octanol–water partition coefficient (Wildman–Crippen LogP) is 2.45. The van der Waals surface area contributed by atoms with E-state index in [2.05, 4.69) is 15.4 Å². The lowest BCUT2D eigenvalue weighted by Gasteiger charge is -2.19. The van der Waals surface area contributed by atoms with Crippen molar-refractivity contribution in [2.45, 2.75) is 0 Å². The number of ether oxygens (including phenoxy) is 2. The maximum atomic E-state index is 5.83. The molecule has 108 valence electrons. The lowest BCUT2D eigenvalue weighted by atomic mass is 10.3. The SMILES string of the molecule is COc1ccccc1OCC1=NNCN1c1ccccc1. The van der Waals surface area contributed by atoms with Crippen LogP contribution in [0.25, 0.3) is 0 Å². The minimum Gasteiger partial charge on any atom is -0.493 e. The van der Waals surface area contributed by atoms with E-state index in [1.165, 1.54) is 0 Å². The minimum atomic E-state index is 0.377. The molecule has 0 saturated heterocycles. The van der Waals surface area contributed by atoms with Gasteiger partial charge in [-0.05, 0) is 24.3 Å². The largest absolute Gasteiger partial charge is 0.493 e. The molecule has 5 nitrogen and oxygen atoms in total. The smallest absolute Gasteiger partial charge is 0.168 e. The Bertz CT molecular complexity index is 628. The van der Waals surface area contributed by atoms with Crippen LogP contribution in [0, 0.1) is 0 Å². The molecular weight excluding hydrogens is 266 g/mol. The molecule has 3 rings (SSSR count). The molecule has 1 heterocycles. The van der Waals surface area contributed by atoms with E-state index in [4.69, 9.17) is 9.47 Å². The third-order valence-electron chi connectivity index (χ3n) is 3.24. The second kappa shape index (κ2) is 6.17. The molecule has 0 radical (unpaired) electrons. The topological polar surface area (TPSA) is 46.1 Å². The van der Waals surface area contributed by atoms with Gasteiger partial charge in [0.15, 0.2) is 17.3 Å². The monoisotopic (exact) mass is 283 g/mol. The summed E-state index contributed by atoms with van der Waals surface area (Å²) in [5.74, 6) is 2.27. The van der Waals surface area contributed by atoms with E-state index in [0.717, 1.165) is 17.3 Å². The van der Waals surface area contributed by atoms with Crippen LogP contribution in [0.1, 0.15) is 0 Å². The van der Waals surface area contributed by atoms with Crippen molar-refractivity contribution >= 4 is 11.5 Å². The lowest BCUT2D eigenvalue weighted by Crippen LogP contribution is -2.32. The van der Waals surface area contributed by atoms with Gasteiger partial charge in [-0.15, -0.1) is 0 Å². The number of nitrogens with zero attached hydrogens (tertiary/aromatic N) is 2. The summed E-state index contributed by atoms with van der Waals surface area (Å²) >= 11 is 0. The number of benzene rings is 2. The first-order valence-electron chi connectivity index (χ1n) is 6.76. The van der Waals surface area contributed by atoms with Gasteiger partial charge in [0.25, 0.3) is 0 Å². The quantitative estimate of drug-likeness (QED) is 0.915. The van der Waals surface area contributed by atoms with Gasteiger partial charge in [0, 0.05) is 5.69 Å². The molecule has 0 fully saturated rings. The Labute approximate surface area is 123 Å². The second-order valence-corrected chi connectivity index (χ2v) is 4.55. The molecule has 2 aromatic carbocycles. The summed E-state index contributed by atoms with van der Waals surface area (Å²) in [7, 11) is 1.63. The Balaban J connectivity index is 1.70. The number of anilines is 1. The van der Waals surface area contributed by atoms with Crippen LogP contribution >= 0.6 is 0 Å². The Morgan fingerprint density at radius 1 is 1.05 bits per heavy atom. The molecule has 0 unspecified atom stereocenters. The van der Waals surface area contributed by atoms with Crippen LogP contribution in [0.4, 0.5) is 5.69 Å². The lowest BCUT2D eigenvalue weighted by molar-refractivity contribution is 0.334. The zero-order valence-electron chi connectivity index (χ0n) is 11.8. The van der Waals surface area contributed by atoms with E-state index in [0.29, 0.717) is 19.0 Å². The second-order valence-electron chi connectivity index (χ2n) is 4.55. The summed E-state index contributed by atoms with van der Waals surface area (Å²) in [6, 6.07) is 17.7. The van der Waals surface area contributed by atoms with Gasteiger partial charge in [-0.3, -0.25) is 5.43 Å². The molecule has 1 aliphatic heterocycles. The molecule has 21 heavy (non-hydrogen) atoms. The number of hydrazone groups is 1. The van der Waals surface area contributed by atoms with Gasteiger partial charge < -0.3 is 14.4 Å². The van der Waals surface area contributed by atoms with Crippen LogP contribution < -0.4 is 19.8 Å². The number of methoxy groups -OCH3 is 1. The Kier molecular flexibility index (Phi) is 3.91. The van der Waals surface area contributed by atoms with Crippen molar-refractivity contribution in [2.24, 2.45) is 5.10 Å². The minimum absolute atomic E-state index is 0.377. The normalized spacial score (nSPS) is 13.6. The van der Waals surface area contributed by atoms with Crippen molar-refractivity contribution in [3.8, 4) is 11.5 Å². The van der Waals surface area contributed by atoms with Crippen molar-refractivity contribution in [1.29, 1.82) is 0 Å². The summed E-state index contributed by atoms with van der Waals surface area (Å²) in [5, 5.41) is 4.29. The van der Waals surface area contributed by atoms with Crippen molar-refractivity contribution in [2.75, 3.05) is 25.3 Å². The third kappa shape index (κ3) is 2.91. The molecule has 0 bridgehead atoms. The van der Waals surface area contributed by atoms with E-state index in [1.54, 1.807) is 7.11 Å². The zero-order chi connectivity index (χ0) is 14.5. The van der Waals surface area contributed by atoms with Crippen LogP contribution in [0.15, 0.2) is 59.7 Å². The Hall–Kier alpha value is -2.69. The Morgan fingerprint density at radius 3 is 2.52 bits per heavy atom. The van der Waals surface area contributed by atoms with Gasteiger partial charge in [0.2, 0.25) is 0 Å². The van der Waals surface area contributed by atoms with Crippen LogP contribution in [-0.2, 0) is 0 Å². The van der Waals surface area contributed by atoms with E-state index in [9.17, 15) is 0 Å². The fourth-order valence-electron chi connectivity index (χ4n) is 2.19. The van der Waals surface area contributed by atoms with Gasteiger partial charge in [0.1, 0.15) is 13.3 Å². The van der Waals surface area contributed by atoms with E-state index in [1.807, 2.05) is 54.6 Å². The van der Waals surface area contributed by atoms with Gasteiger partial charge in [0.05, 0.1) is 7.11 Å². The maximum Gasteiger partial charge on any atom is 0.168 e. The first-order chi connectivity index (χ1) is 10.4. The maximum absolute atomic E-state index is 5.83. The summed E-state index contributed by atoms with van der Waals surface area (Å²) < 4.78 is 11.1. The summed E-state index contributed by atoms with van der Waals surface area (Å²) in [6.45, 7) is 1.02. The fraction of sp³-hybridized carbons (Fsp3) is 0.188. The van der Waals surface area contributed by atoms with Crippen LogP contribution in [-0.4, -0.2) is 26.2 Å². The average molecular weight is 283 g/mol. The number of rotatable bonds is 5. The van der Waals surface area contributed by atoms with Gasteiger partial charge >= 0.3 is 0 Å². The molecule has 0 atom stereocenters. The highest BCUT2D eigenvalue weighted by molar-refractivity contribution is 5.99. The molecule has 0 aromatic heterocycles. The van der Waals surface area contributed by atoms with Gasteiger partial charge in [-0.25, -0.2) is 0 Å². The molecular formula is C16H17N3O2. The van der Waals surface area contributed by atoms with Crippen LogP contribution in [0.5, 0.6) is 11.5 Å². The van der Waals surface area contributed by atoms with Gasteiger partial charge in [-0.1, -0.05) is 30.3 Å². The van der Waals surface area contributed by atoms with Crippen molar-refractivity contribution in [1.82, 2.24) is 5.43 Å². The highest BCUT2D eigenvalue weighted by Crippen LogP contribution is 2.26. The number of nitrogens with one attached hydrogen (secondary N) is 1. The van der Waals surface area contributed by atoms with Crippen molar-refractivity contribution in [3.05, 3.63) is 54.6 Å². The Morgan fingerprint density at radius 2 is 1.76 bits per heavy atom. The molecule has 1 N–H and O–H groups in total. The van der Waals surface area contributed by atoms with E-state index in [-0.39, 0.29) is 0 Å². The molecule has 0 aliphatic carbocycles. The number of hydrogen-bond donors (Lipinski definition) is 1. The molecule has 1 aliphatic rings. The molecule has 0 amide bonds. The molecule has 5 heteroatoms. The first-order valence-corrected chi connectivity index (χ1v) is 6.76. The molecule has 2 aromatic rings. The standard InChI is InChI=1S/C16H17N3O2/c1-20-14-9-5-6-10-15(14)21-11-16-18-17-12-19(16)13-7-3-2-4-8-13/h2-10,17H,11-12H2,1H3. The molecule has 0 spiro atoms. The fourth-order valence-corrected chi connectivity index (χ4v) is 2.19. The predicted molar refractivity (Wildman–Crippen MR) is 82.8 cm³/mol. The van der Waals surface area contributed by atoms with E-state index < -0.39 is 0 Å². The van der Waals surface area contributed by atoms with Crippen LogP contribution in [0.3, 0.4) is 0 Å². The van der Waals surface area contributed by atoms with Gasteiger partial charge in [-0.2, -0.15) is 5.10 Å². The number of para-hydroxylation sites is 3. The van der Waals surface area contributed by atoms with Crippen molar-refractivity contribution in [3.63, 3.8) is 0 Å². The van der Waals surface area contributed by atoms with E-state index >= 15 is 0 Å². The highest BCUT2D eigenvalue weighted by Gasteiger charge is 2.19. The number of hydrogen-bond acceptors (Lipinski definition) is 5. The third-order valence-corrected chi connectivity index (χ3v) is 3.24. The van der Waals surface area contributed by atoms with Crippen molar-refractivity contribution < 1.29 is 9.47 Å². The first kappa shape index (κ1) is 13.3. The summed E-state index contributed by atoms with van der Waals surface area (Å²) in [4.78, 5) is 2.08.